The molecule has 0 unspecified atom stereocenters. The topological polar surface area (TPSA) is 55.8 Å². The van der Waals surface area contributed by atoms with Crippen LogP contribution in [0, 0.1) is 0 Å². The largest absolute Gasteiger partial charge is 0.507 e. The number of carbonyl (C=O) groups is 1. The lowest BCUT2D eigenvalue weighted by Crippen LogP contribution is -2.00. The first-order valence-electron chi connectivity index (χ1n) is 5.87. The van der Waals surface area contributed by atoms with E-state index in [-0.39, 0.29) is 11.7 Å². The van der Waals surface area contributed by atoms with Gasteiger partial charge < -0.3 is 14.6 Å². The number of methoxy groups -OCH3 is 2. The quantitative estimate of drug-likeness (QED) is 0.875. The Hall–Kier alpha value is -2.14. The first-order valence-corrected chi connectivity index (χ1v) is 6.69. The molecule has 0 aliphatic heterocycles. The second-order valence-electron chi connectivity index (χ2n) is 3.95. The molecule has 0 atom stereocenters. The van der Waals surface area contributed by atoms with E-state index < -0.39 is 0 Å². The van der Waals surface area contributed by atoms with Crippen molar-refractivity contribution in [2.75, 3.05) is 14.2 Å². The number of phenols is 1. The number of hydrogen-bond donors (Lipinski definition) is 1. The van der Waals surface area contributed by atoms with Crippen molar-refractivity contribution in [2.24, 2.45) is 0 Å². The van der Waals surface area contributed by atoms with Crippen LogP contribution < -0.4 is 4.74 Å². The third-order valence-corrected chi connectivity index (χ3v) is 3.74. The lowest BCUT2D eigenvalue weighted by molar-refractivity contribution is 0.0600. The highest BCUT2D eigenvalue weighted by Gasteiger charge is 2.07. The number of carbonyl (C=O) groups excluding carboxylic acids is 1. The molecule has 0 spiro atoms. The summed E-state index contributed by atoms with van der Waals surface area (Å²) in [7, 11) is 2.90. The average molecular weight is 290 g/mol. The standard InChI is InChI=1S/C15H14O4S/c1-18-11-5-8-14(13(16)9-11)20-12-6-3-10(4-7-12)15(17)19-2/h3-9,16H,1-2H3. The molecule has 1 N–H and O–H groups in total. The number of benzene rings is 2. The predicted octanol–water partition coefficient (Wildman–Crippen LogP) is 3.34. The van der Waals surface area contributed by atoms with Crippen LogP contribution in [-0.4, -0.2) is 25.3 Å². The molecule has 20 heavy (non-hydrogen) atoms. The summed E-state index contributed by atoms with van der Waals surface area (Å²) in [6.45, 7) is 0. The molecule has 0 aliphatic rings. The van der Waals surface area contributed by atoms with Crippen molar-refractivity contribution in [1.29, 1.82) is 0 Å². The van der Waals surface area contributed by atoms with Crippen molar-refractivity contribution in [3.05, 3.63) is 48.0 Å². The molecule has 0 amide bonds. The van der Waals surface area contributed by atoms with Crippen LogP contribution in [0.1, 0.15) is 10.4 Å². The summed E-state index contributed by atoms with van der Waals surface area (Å²) in [5.41, 5.74) is 0.496. The molecule has 0 aromatic heterocycles. The third kappa shape index (κ3) is 3.24. The summed E-state index contributed by atoms with van der Waals surface area (Å²) in [4.78, 5) is 13.0. The van der Waals surface area contributed by atoms with Crippen LogP contribution in [-0.2, 0) is 4.74 Å². The second kappa shape index (κ2) is 6.34. The van der Waals surface area contributed by atoms with Crippen LogP contribution in [0.25, 0.3) is 0 Å². The van der Waals surface area contributed by atoms with Crippen LogP contribution in [0.5, 0.6) is 11.5 Å². The van der Waals surface area contributed by atoms with Crippen molar-refractivity contribution in [2.45, 2.75) is 9.79 Å². The van der Waals surface area contributed by atoms with Crippen LogP contribution in [0.2, 0.25) is 0 Å². The number of ether oxygens (including phenoxy) is 2. The fourth-order valence-corrected chi connectivity index (χ4v) is 2.44. The van der Waals surface area contributed by atoms with Crippen LogP contribution >= 0.6 is 11.8 Å². The lowest BCUT2D eigenvalue weighted by Gasteiger charge is -2.07. The number of esters is 1. The Kier molecular flexibility index (Phi) is 4.53. The Bertz CT molecular complexity index is 608. The molecular formula is C15H14O4S. The van der Waals surface area contributed by atoms with Crippen molar-refractivity contribution >= 4 is 17.7 Å². The predicted molar refractivity (Wildman–Crippen MR) is 76.6 cm³/mol. The minimum Gasteiger partial charge on any atom is -0.507 e. The number of hydrogen-bond acceptors (Lipinski definition) is 5. The van der Waals surface area contributed by atoms with E-state index in [1.807, 2.05) is 0 Å². The Morgan fingerprint density at radius 3 is 2.35 bits per heavy atom. The molecular weight excluding hydrogens is 276 g/mol. The van der Waals surface area contributed by atoms with Gasteiger partial charge in [0.15, 0.2) is 0 Å². The smallest absolute Gasteiger partial charge is 0.337 e. The van der Waals surface area contributed by atoms with E-state index in [1.165, 1.54) is 18.9 Å². The highest BCUT2D eigenvalue weighted by atomic mass is 32.2. The molecule has 4 nitrogen and oxygen atoms in total. The summed E-state index contributed by atoms with van der Waals surface area (Å²) in [6.07, 6.45) is 0. The molecule has 0 saturated heterocycles. The van der Waals surface area contributed by atoms with Gasteiger partial charge in [-0.2, -0.15) is 0 Å². The Balaban J connectivity index is 2.16. The number of phenolic OH excluding ortho intramolecular Hbond substituents is 1. The number of rotatable bonds is 4. The van der Waals surface area contributed by atoms with Crippen molar-refractivity contribution in [3.8, 4) is 11.5 Å². The van der Waals surface area contributed by atoms with Gasteiger partial charge in [0, 0.05) is 11.0 Å². The van der Waals surface area contributed by atoms with E-state index in [0.29, 0.717) is 11.3 Å². The number of aromatic hydroxyl groups is 1. The molecule has 2 rings (SSSR count). The zero-order chi connectivity index (χ0) is 14.5. The summed E-state index contributed by atoms with van der Waals surface area (Å²) >= 11 is 1.40. The molecule has 0 fully saturated rings. The maximum Gasteiger partial charge on any atom is 0.337 e. The summed E-state index contributed by atoms with van der Waals surface area (Å²) in [5.74, 6) is 0.396. The lowest BCUT2D eigenvalue weighted by atomic mass is 10.2. The maximum atomic E-state index is 11.3. The monoisotopic (exact) mass is 290 g/mol. The first kappa shape index (κ1) is 14.3. The second-order valence-corrected chi connectivity index (χ2v) is 5.07. The molecule has 0 radical (unpaired) electrons. The van der Waals surface area contributed by atoms with Crippen LogP contribution in [0.15, 0.2) is 52.3 Å². The summed E-state index contributed by atoms with van der Waals surface area (Å²) in [6, 6.07) is 12.1. The van der Waals surface area contributed by atoms with Crippen molar-refractivity contribution in [3.63, 3.8) is 0 Å². The maximum absolute atomic E-state index is 11.3. The molecule has 0 bridgehead atoms. The molecule has 5 heteroatoms. The molecule has 2 aromatic carbocycles. The first-order chi connectivity index (χ1) is 9.63. The van der Waals surface area contributed by atoms with E-state index in [0.717, 1.165) is 9.79 Å². The third-order valence-electron chi connectivity index (χ3n) is 2.67. The SMILES string of the molecule is COC(=O)c1ccc(Sc2ccc(OC)cc2O)cc1. The van der Waals surface area contributed by atoms with Crippen LogP contribution in [0.4, 0.5) is 0 Å². The van der Waals surface area contributed by atoms with Crippen molar-refractivity contribution in [1.82, 2.24) is 0 Å². The summed E-state index contributed by atoms with van der Waals surface area (Å²) in [5, 5.41) is 9.89. The van der Waals surface area contributed by atoms with E-state index in [2.05, 4.69) is 4.74 Å². The molecule has 0 saturated carbocycles. The molecule has 2 aromatic rings. The minimum atomic E-state index is -0.367. The Morgan fingerprint density at radius 1 is 1.10 bits per heavy atom. The van der Waals surface area contributed by atoms with Gasteiger partial charge in [0.05, 0.1) is 24.7 Å². The molecule has 104 valence electrons. The Labute approximate surface area is 121 Å². The van der Waals surface area contributed by atoms with Gasteiger partial charge in [0.25, 0.3) is 0 Å². The van der Waals surface area contributed by atoms with E-state index in [1.54, 1.807) is 49.6 Å². The zero-order valence-corrected chi connectivity index (χ0v) is 11.9. The molecule has 0 aliphatic carbocycles. The molecule has 0 heterocycles. The van der Waals surface area contributed by atoms with Gasteiger partial charge in [-0.05, 0) is 36.4 Å². The minimum absolute atomic E-state index is 0.159. The van der Waals surface area contributed by atoms with Crippen molar-refractivity contribution < 1.29 is 19.4 Å². The summed E-state index contributed by atoms with van der Waals surface area (Å²) < 4.78 is 9.67. The van der Waals surface area contributed by atoms with Gasteiger partial charge in [-0.3, -0.25) is 0 Å². The highest BCUT2D eigenvalue weighted by molar-refractivity contribution is 7.99. The fourth-order valence-electron chi connectivity index (χ4n) is 1.61. The van der Waals surface area contributed by atoms with E-state index in [9.17, 15) is 9.90 Å². The van der Waals surface area contributed by atoms with Gasteiger partial charge in [-0.1, -0.05) is 11.8 Å². The van der Waals surface area contributed by atoms with Gasteiger partial charge >= 0.3 is 5.97 Å². The zero-order valence-electron chi connectivity index (χ0n) is 11.1. The average Bonchev–Trinajstić information content (AvgIpc) is 2.49. The Morgan fingerprint density at radius 2 is 1.80 bits per heavy atom. The van der Waals surface area contributed by atoms with Gasteiger partial charge in [0.1, 0.15) is 11.5 Å². The van der Waals surface area contributed by atoms with E-state index in [4.69, 9.17) is 4.74 Å². The van der Waals surface area contributed by atoms with Gasteiger partial charge in [-0.25, -0.2) is 4.79 Å². The van der Waals surface area contributed by atoms with Gasteiger partial charge in [-0.15, -0.1) is 0 Å². The fraction of sp³-hybridized carbons (Fsp3) is 0.133. The highest BCUT2D eigenvalue weighted by Crippen LogP contribution is 2.36. The van der Waals surface area contributed by atoms with Crippen LogP contribution in [0.3, 0.4) is 0 Å². The van der Waals surface area contributed by atoms with Gasteiger partial charge in [0.2, 0.25) is 0 Å². The van der Waals surface area contributed by atoms with E-state index >= 15 is 0 Å². The normalized spacial score (nSPS) is 10.1.